The number of carbonyl (C=O) groups is 1. The third kappa shape index (κ3) is 4.51. The minimum atomic E-state index is -0.0171. The van der Waals surface area contributed by atoms with Gasteiger partial charge in [0.25, 0.3) is 5.91 Å². The SMILES string of the molecule is CN1CCCN(C[C@@H]2CN(C(=O)c3ccc(O)cc3)C[C@@H]2CO)CC1. The van der Waals surface area contributed by atoms with Crippen LogP contribution in [0.1, 0.15) is 16.8 Å². The van der Waals surface area contributed by atoms with Gasteiger partial charge in [-0.3, -0.25) is 4.79 Å². The van der Waals surface area contributed by atoms with E-state index in [1.165, 1.54) is 18.6 Å². The first-order chi connectivity index (χ1) is 12.1. The molecule has 0 bridgehead atoms. The van der Waals surface area contributed by atoms with Crippen LogP contribution >= 0.6 is 0 Å². The van der Waals surface area contributed by atoms with Gasteiger partial charge >= 0.3 is 0 Å². The minimum Gasteiger partial charge on any atom is -0.508 e. The molecule has 3 rings (SSSR count). The van der Waals surface area contributed by atoms with Crippen molar-refractivity contribution in [3.8, 4) is 5.75 Å². The molecule has 1 aromatic carbocycles. The molecule has 2 aliphatic heterocycles. The van der Waals surface area contributed by atoms with Gasteiger partial charge in [0.05, 0.1) is 0 Å². The van der Waals surface area contributed by atoms with Crippen LogP contribution in [0.2, 0.25) is 0 Å². The van der Waals surface area contributed by atoms with Crippen LogP contribution in [-0.4, -0.2) is 90.3 Å². The van der Waals surface area contributed by atoms with Gasteiger partial charge in [-0.05, 0) is 56.7 Å². The van der Waals surface area contributed by atoms with E-state index in [4.69, 9.17) is 0 Å². The second-order valence-corrected chi connectivity index (χ2v) is 7.42. The number of phenolic OH excluding ortho intramolecular Hbond substituents is 1. The predicted molar refractivity (Wildman–Crippen MR) is 96.6 cm³/mol. The number of aliphatic hydroxyl groups is 1. The molecule has 2 aliphatic rings. The van der Waals surface area contributed by atoms with Crippen LogP contribution in [0.5, 0.6) is 5.75 Å². The van der Waals surface area contributed by atoms with Crippen LogP contribution in [0.25, 0.3) is 0 Å². The molecule has 0 aliphatic carbocycles. The zero-order valence-corrected chi connectivity index (χ0v) is 15.0. The quantitative estimate of drug-likeness (QED) is 0.840. The Morgan fingerprint density at radius 3 is 2.52 bits per heavy atom. The molecule has 138 valence electrons. The van der Waals surface area contributed by atoms with Crippen LogP contribution in [0, 0.1) is 11.8 Å². The van der Waals surface area contributed by atoms with Gasteiger partial charge in [-0.1, -0.05) is 0 Å². The third-order valence-electron chi connectivity index (χ3n) is 5.52. The van der Waals surface area contributed by atoms with E-state index >= 15 is 0 Å². The highest BCUT2D eigenvalue weighted by Gasteiger charge is 2.36. The first-order valence-electron chi connectivity index (χ1n) is 9.17. The molecule has 0 aromatic heterocycles. The molecule has 2 atom stereocenters. The Morgan fingerprint density at radius 2 is 1.80 bits per heavy atom. The van der Waals surface area contributed by atoms with Gasteiger partial charge in [0.15, 0.2) is 0 Å². The molecule has 6 heteroatoms. The van der Waals surface area contributed by atoms with E-state index < -0.39 is 0 Å². The first kappa shape index (κ1) is 18.2. The number of aromatic hydroxyl groups is 1. The van der Waals surface area contributed by atoms with E-state index in [1.54, 1.807) is 12.1 Å². The zero-order chi connectivity index (χ0) is 17.8. The molecule has 1 amide bonds. The molecule has 2 heterocycles. The molecule has 6 nitrogen and oxygen atoms in total. The summed E-state index contributed by atoms with van der Waals surface area (Å²) >= 11 is 0. The number of hydrogen-bond acceptors (Lipinski definition) is 5. The molecule has 2 fully saturated rings. The largest absolute Gasteiger partial charge is 0.508 e. The van der Waals surface area contributed by atoms with Gasteiger partial charge < -0.3 is 24.9 Å². The van der Waals surface area contributed by atoms with Gasteiger partial charge in [0.1, 0.15) is 5.75 Å². The van der Waals surface area contributed by atoms with Crippen molar-refractivity contribution in [3.05, 3.63) is 29.8 Å². The molecule has 0 saturated carbocycles. The Kier molecular flexibility index (Phi) is 5.93. The standard InChI is InChI=1S/C19H29N3O3/c1-20-7-2-8-21(10-9-20)11-16-12-22(13-17(16)14-23)19(25)15-3-5-18(24)6-4-15/h3-6,16-17,23-24H,2,7-14H2,1H3/t16-,17-/m1/s1. The van der Waals surface area contributed by atoms with Crippen LogP contribution in [0.15, 0.2) is 24.3 Å². The van der Waals surface area contributed by atoms with Crippen LogP contribution in [-0.2, 0) is 0 Å². The number of benzene rings is 1. The van der Waals surface area contributed by atoms with Crippen molar-refractivity contribution in [2.45, 2.75) is 6.42 Å². The molecule has 2 saturated heterocycles. The number of phenols is 1. The number of nitrogens with zero attached hydrogens (tertiary/aromatic N) is 3. The number of aliphatic hydroxyl groups excluding tert-OH is 1. The number of rotatable bonds is 4. The minimum absolute atomic E-state index is 0.0171. The molecule has 25 heavy (non-hydrogen) atoms. The summed E-state index contributed by atoms with van der Waals surface area (Å²) in [5.74, 6) is 0.600. The van der Waals surface area contributed by atoms with Gasteiger partial charge in [-0.15, -0.1) is 0 Å². The van der Waals surface area contributed by atoms with Crippen molar-refractivity contribution in [1.29, 1.82) is 0 Å². The molecule has 0 unspecified atom stereocenters. The van der Waals surface area contributed by atoms with Crippen molar-refractivity contribution in [3.63, 3.8) is 0 Å². The molecule has 0 radical (unpaired) electrons. The van der Waals surface area contributed by atoms with Crippen molar-refractivity contribution in [1.82, 2.24) is 14.7 Å². The van der Waals surface area contributed by atoms with Gasteiger partial charge in [-0.2, -0.15) is 0 Å². The lowest BCUT2D eigenvalue weighted by atomic mass is 9.96. The van der Waals surface area contributed by atoms with E-state index in [0.717, 1.165) is 32.7 Å². The first-order valence-corrected chi connectivity index (χ1v) is 9.17. The van der Waals surface area contributed by atoms with E-state index in [9.17, 15) is 15.0 Å². The van der Waals surface area contributed by atoms with Gasteiger partial charge in [-0.25, -0.2) is 0 Å². The van der Waals surface area contributed by atoms with Crippen molar-refractivity contribution in [2.75, 3.05) is 59.5 Å². The lowest BCUT2D eigenvalue weighted by Gasteiger charge is -2.26. The average Bonchev–Trinajstić information content (AvgIpc) is 2.91. The van der Waals surface area contributed by atoms with E-state index in [2.05, 4.69) is 16.8 Å². The topological polar surface area (TPSA) is 67.2 Å². The monoisotopic (exact) mass is 347 g/mol. The Bertz CT molecular complexity index is 578. The maximum Gasteiger partial charge on any atom is 0.253 e. The second kappa shape index (κ2) is 8.17. The highest BCUT2D eigenvalue weighted by molar-refractivity contribution is 5.94. The Labute approximate surface area is 149 Å². The number of amides is 1. The number of likely N-dealkylation sites (N-methyl/N-ethyl adjacent to an activating group) is 1. The summed E-state index contributed by atoms with van der Waals surface area (Å²) < 4.78 is 0. The van der Waals surface area contributed by atoms with E-state index in [-0.39, 0.29) is 24.2 Å². The fourth-order valence-corrected chi connectivity index (χ4v) is 3.92. The highest BCUT2D eigenvalue weighted by Crippen LogP contribution is 2.26. The second-order valence-electron chi connectivity index (χ2n) is 7.42. The van der Waals surface area contributed by atoms with Crippen molar-refractivity contribution in [2.24, 2.45) is 11.8 Å². The van der Waals surface area contributed by atoms with Crippen molar-refractivity contribution >= 4 is 5.91 Å². The number of likely N-dealkylation sites (tertiary alicyclic amines) is 1. The molecular formula is C19H29N3O3. The summed E-state index contributed by atoms with van der Waals surface area (Å²) in [6.07, 6.45) is 1.17. The zero-order valence-electron chi connectivity index (χ0n) is 15.0. The van der Waals surface area contributed by atoms with Gasteiger partial charge in [0, 0.05) is 50.8 Å². The fourth-order valence-electron chi connectivity index (χ4n) is 3.92. The number of hydrogen-bond donors (Lipinski definition) is 2. The molecule has 0 spiro atoms. The van der Waals surface area contributed by atoms with Crippen LogP contribution in [0.3, 0.4) is 0 Å². The predicted octanol–water partition coefficient (Wildman–Crippen LogP) is 0.710. The molecular weight excluding hydrogens is 318 g/mol. The average molecular weight is 347 g/mol. The smallest absolute Gasteiger partial charge is 0.253 e. The normalized spacial score (nSPS) is 25.9. The maximum atomic E-state index is 12.7. The third-order valence-corrected chi connectivity index (χ3v) is 5.52. The number of carbonyl (C=O) groups excluding carboxylic acids is 1. The lowest BCUT2D eigenvalue weighted by Crippen LogP contribution is -2.36. The van der Waals surface area contributed by atoms with Crippen LogP contribution in [0.4, 0.5) is 0 Å². The van der Waals surface area contributed by atoms with Crippen molar-refractivity contribution < 1.29 is 15.0 Å². The van der Waals surface area contributed by atoms with Crippen LogP contribution < -0.4 is 0 Å². The summed E-state index contributed by atoms with van der Waals surface area (Å²) in [4.78, 5) is 19.4. The lowest BCUT2D eigenvalue weighted by molar-refractivity contribution is 0.0779. The van der Waals surface area contributed by atoms with E-state index in [1.807, 2.05) is 4.90 Å². The molecule has 2 N–H and O–H groups in total. The molecule has 1 aromatic rings. The summed E-state index contributed by atoms with van der Waals surface area (Å²) in [5, 5.41) is 19.2. The Balaban J connectivity index is 1.61. The Hall–Kier alpha value is -1.63. The summed E-state index contributed by atoms with van der Waals surface area (Å²) in [5.41, 5.74) is 0.589. The highest BCUT2D eigenvalue weighted by atomic mass is 16.3. The van der Waals surface area contributed by atoms with Gasteiger partial charge in [0.2, 0.25) is 0 Å². The maximum absolute atomic E-state index is 12.7. The summed E-state index contributed by atoms with van der Waals surface area (Å²) in [7, 11) is 2.16. The Morgan fingerprint density at radius 1 is 1.08 bits per heavy atom. The van der Waals surface area contributed by atoms with E-state index in [0.29, 0.717) is 24.6 Å². The summed E-state index contributed by atoms with van der Waals surface area (Å²) in [6, 6.07) is 6.39. The fraction of sp³-hybridized carbons (Fsp3) is 0.632. The summed E-state index contributed by atoms with van der Waals surface area (Å²) in [6.45, 7) is 6.72.